The van der Waals surface area contributed by atoms with E-state index in [2.05, 4.69) is 32.7 Å². The van der Waals surface area contributed by atoms with Crippen LogP contribution in [0.1, 0.15) is 11.3 Å². The largest absolute Gasteiger partial charge is 0.385 e. The van der Waals surface area contributed by atoms with Crippen molar-refractivity contribution in [2.24, 2.45) is 0 Å². The molecular formula is C13H22BrNO3S. The number of nitrogens with one attached hydrogen (secondary N) is 1. The second-order valence-electron chi connectivity index (χ2n) is 3.98. The van der Waals surface area contributed by atoms with Gasteiger partial charge in [0.1, 0.15) is 0 Å². The Kier molecular flexibility index (Phi) is 10.6. The lowest BCUT2D eigenvalue weighted by atomic mass is 10.4. The molecule has 1 aromatic rings. The van der Waals surface area contributed by atoms with E-state index in [1.165, 1.54) is 4.88 Å². The molecule has 110 valence electrons. The molecule has 0 fully saturated rings. The molecule has 0 aromatic carbocycles. The van der Waals surface area contributed by atoms with Gasteiger partial charge in [-0.1, -0.05) is 0 Å². The topological polar surface area (TPSA) is 39.7 Å². The van der Waals surface area contributed by atoms with Gasteiger partial charge in [-0.25, -0.2) is 0 Å². The molecule has 4 nitrogen and oxygen atoms in total. The maximum atomic E-state index is 5.46. The Labute approximate surface area is 127 Å². The Hall–Kier alpha value is 0.0200. The number of halogens is 1. The predicted molar refractivity (Wildman–Crippen MR) is 81.9 cm³/mol. The summed E-state index contributed by atoms with van der Waals surface area (Å²) in [5.41, 5.74) is 0. The zero-order chi connectivity index (χ0) is 13.8. The molecule has 1 N–H and O–H groups in total. The maximum absolute atomic E-state index is 5.46. The van der Waals surface area contributed by atoms with E-state index >= 15 is 0 Å². The summed E-state index contributed by atoms with van der Waals surface area (Å²) < 4.78 is 16.9. The standard InChI is InChI=1S/C13H22BrNO3S/c1-16-4-2-5-17-7-8-18-6-3-15-10-13-9-12(14)11-19-13/h9,11,15H,2-8,10H2,1H3. The van der Waals surface area contributed by atoms with E-state index in [1.54, 1.807) is 18.4 Å². The van der Waals surface area contributed by atoms with Crippen LogP contribution < -0.4 is 5.32 Å². The Morgan fingerprint density at radius 1 is 1.16 bits per heavy atom. The molecule has 0 saturated carbocycles. The third-order valence-electron chi connectivity index (χ3n) is 2.35. The van der Waals surface area contributed by atoms with Gasteiger partial charge < -0.3 is 19.5 Å². The lowest BCUT2D eigenvalue weighted by Gasteiger charge is -2.06. The van der Waals surface area contributed by atoms with Crippen LogP contribution in [0.2, 0.25) is 0 Å². The smallest absolute Gasteiger partial charge is 0.0701 e. The van der Waals surface area contributed by atoms with Crippen LogP contribution in [0.4, 0.5) is 0 Å². The van der Waals surface area contributed by atoms with Crippen molar-refractivity contribution in [2.45, 2.75) is 13.0 Å². The molecule has 0 aliphatic heterocycles. The fraction of sp³-hybridized carbons (Fsp3) is 0.692. The highest BCUT2D eigenvalue weighted by Crippen LogP contribution is 2.19. The summed E-state index contributed by atoms with van der Waals surface area (Å²) in [4.78, 5) is 1.33. The molecule has 0 atom stereocenters. The van der Waals surface area contributed by atoms with Crippen molar-refractivity contribution in [3.05, 3.63) is 20.8 Å². The van der Waals surface area contributed by atoms with Crippen LogP contribution in [0.5, 0.6) is 0 Å². The van der Waals surface area contributed by atoms with Crippen LogP contribution in [0.15, 0.2) is 15.9 Å². The first-order valence-corrected chi connectivity index (χ1v) is 8.08. The molecule has 0 amide bonds. The predicted octanol–water partition coefficient (Wildman–Crippen LogP) is 2.67. The van der Waals surface area contributed by atoms with Crippen molar-refractivity contribution < 1.29 is 14.2 Å². The molecule has 1 rings (SSSR count). The van der Waals surface area contributed by atoms with E-state index < -0.39 is 0 Å². The minimum atomic E-state index is 0.652. The van der Waals surface area contributed by atoms with Crippen LogP contribution in [-0.2, 0) is 20.8 Å². The van der Waals surface area contributed by atoms with Crippen LogP contribution in [-0.4, -0.2) is 46.7 Å². The highest BCUT2D eigenvalue weighted by atomic mass is 79.9. The summed E-state index contributed by atoms with van der Waals surface area (Å²) in [5.74, 6) is 0. The average molecular weight is 352 g/mol. The van der Waals surface area contributed by atoms with Gasteiger partial charge in [0, 0.05) is 48.1 Å². The third kappa shape index (κ3) is 9.54. The van der Waals surface area contributed by atoms with Crippen molar-refractivity contribution in [2.75, 3.05) is 46.7 Å². The van der Waals surface area contributed by atoms with Gasteiger partial charge in [0.05, 0.1) is 19.8 Å². The van der Waals surface area contributed by atoms with Crippen molar-refractivity contribution in [1.29, 1.82) is 0 Å². The third-order valence-corrected chi connectivity index (χ3v) is 4.05. The molecule has 1 heterocycles. The monoisotopic (exact) mass is 351 g/mol. The highest BCUT2D eigenvalue weighted by molar-refractivity contribution is 9.10. The van der Waals surface area contributed by atoms with Crippen LogP contribution in [0.3, 0.4) is 0 Å². The molecule has 0 bridgehead atoms. The molecule has 0 aliphatic rings. The van der Waals surface area contributed by atoms with Crippen molar-refractivity contribution >= 4 is 27.3 Å². The van der Waals surface area contributed by atoms with Gasteiger partial charge >= 0.3 is 0 Å². The SMILES string of the molecule is COCCCOCCOCCNCc1cc(Br)cs1. The minimum Gasteiger partial charge on any atom is -0.385 e. The summed E-state index contributed by atoms with van der Waals surface area (Å²) in [6, 6.07) is 2.13. The molecule has 0 spiro atoms. The van der Waals surface area contributed by atoms with Crippen molar-refractivity contribution in [3.63, 3.8) is 0 Å². The number of hydrogen-bond acceptors (Lipinski definition) is 5. The molecule has 0 radical (unpaired) electrons. The fourth-order valence-electron chi connectivity index (χ4n) is 1.43. The number of ether oxygens (including phenoxy) is 3. The number of hydrogen-bond donors (Lipinski definition) is 1. The molecule has 0 saturated heterocycles. The second kappa shape index (κ2) is 11.8. The molecule has 0 aliphatic carbocycles. The maximum Gasteiger partial charge on any atom is 0.0701 e. The summed E-state index contributed by atoms with van der Waals surface area (Å²) in [6.45, 7) is 5.27. The Morgan fingerprint density at radius 3 is 2.63 bits per heavy atom. The van der Waals surface area contributed by atoms with Gasteiger partial charge in [-0.15, -0.1) is 11.3 Å². The van der Waals surface area contributed by atoms with Crippen molar-refractivity contribution in [1.82, 2.24) is 5.32 Å². The zero-order valence-corrected chi connectivity index (χ0v) is 13.7. The summed E-state index contributed by atoms with van der Waals surface area (Å²) in [6.07, 6.45) is 0.939. The van der Waals surface area contributed by atoms with E-state index in [0.29, 0.717) is 19.8 Å². The molecule has 6 heteroatoms. The normalized spacial score (nSPS) is 11.1. The number of thiophene rings is 1. The first-order valence-electron chi connectivity index (χ1n) is 6.41. The Morgan fingerprint density at radius 2 is 1.95 bits per heavy atom. The van der Waals surface area contributed by atoms with Gasteiger partial charge in [0.2, 0.25) is 0 Å². The Bertz CT molecular complexity index is 323. The summed E-state index contributed by atoms with van der Waals surface area (Å²) >= 11 is 5.19. The summed E-state index contributed by atoms with van der Waals surface area (Å²) in [7, 11) is 1.70. The lowest BCUT2D eigenvalue weighted by molar-refractivity contribution is 0.0408. The fourth-order valence-corrected chi connectivity index (χ4v) is 2.85. The van der Waals surface area contributed by atoms with Crippen LogP contribution in [0.25, 0.3) is 0 Å². The average Bonchev–Trinajstić information content (AvgIpc) is 2.82. The lowest BCUT2D eigenvalue weighted by Crippen LogP contribution is -2.19. The van der Waals surface area contributed by atoms with Gasteiger partial charge in [0.15, 0.2) is 0 Å². The van der Waals surface area contributed by atoms with Gasteiger partial charge in [0.25, 0.3) is 0 Å². The van der Waals surface area contributed by atoms with E-state index in [-0.39, 0.29) is 0 Å². The van der Waals surface area contributed by atoms with E-state index in [4.69, 9.17) is 14.2 Å². The van der Waals surface area contributed by atoms with E-state index in [0.717, 1.165) is 37.2 Å². The van der Waals surface area contributed by atoms with E-state index in [9.17, 15) is 0 Å². The first-order chi connectivity index (χ1) is 9.33. The molecule has 1 aromatic heterocycles. The Balaban J connectivity index is 1.79. The second-order valence-corrected chi connectivity index (χ2v) is 5.89. The van der Waals surface area contributed by atoms with Gasteiger partial charge in [-0.05, 0) is 28.4 Å². The van der Waals surface area contributed by atoms with Gasteiger partial charge in [-0.3, -0.25) is 0 Å². The highest BCUT2D eigenvalue weighted by Gasteiger charge is 1.96. The number of methoxy groups -OCH3 is 1. The van der Waals surface area contributed by atoms with Crippen LogP contribution >= 0.6 is 27.3 Å². The first kappa shape index (κ1) is 17.1. The van der Waals surface area contributed by atoms with Crippen LogP contribution in [0, 0.1) is 0 Å². The molecular weight excluding hydrogens is 330 g/mol. The summed E-state index contributed by atoms with van der Waals surface area (Å²) in [5, 5.41) is 5.43. The van der Waals surface area contributed by atoms with E-state index in [1.807, 2.05) is 0 Å². The zero-order valence-electron chi connectivity index (χ0n) is 11.3. The van der Waals surface area contributed by atoms with Crippen molar-refractivity contribution in [3.8, 4) is 0 Å². The van der Waals surface area contributed by atoms with Gasteiger partial charge in [-0.2, -0.15) is 0 Å². The minimum absolute atomic E-state index is 0.652. The quantitative estimate of drug-likeness (QED) is 0.587. The molecule has 0 unspecified atom stereocenters. The molecule has 19 heavy (non-hydrogen) atoms. The number of rotatable bonds is 12.